The van der Waals surface area contributed by atoms with Crippen molar-refractivity contribution in [3.05, 3.63) is 133 Å². The van der Waals surface area contributed by atoms with E-state index in [4.69, 9.17) is 9.97 Å². The Kier molecular flexibility index (Phi) is 5.27. The molecule has 0 aliphatic heterocycles. The summed E-state index contributed by atoms with van der Waals surface area (Å²) in [7, 11) is 0. The standard InChI is InChI=1S/C38H22N2S2/c1-3-12-31-29(11-1)35-30(21-20-28-27-10-2-5-14-33(27)41-37(28)35)36(39-31)26-9-7-8-25(22-26)23-16-18-24(19-17-23)38-40-32-13-4-6-15-34(32)42-38/h1-22H. The van der Waals surface area contributed by atoms with Gasteiger partial charge in [-0.25, -0.2) is 9.97 Å². The van der Waals surface area contributed by atoms with Gasteiger partial charge in [0.05, 0.1) is 21.4 Å². The van der Waals surface area contributed by atoms with E-state index in [1.807, 2.05) is 17.4 Å². The lowest BCUT2D eigenvalue weighted by Crippen LogP contribution is -1.90. The molecule has 9 rings (SSSR count). The zero-order valence-corrected chi connectivity index (χ0v) is 24.0. The third-order valence-corrected chi connectivity index (χ3v) is 10.4. The molecule has 4 heteroatoms. The molecule has 42 heavy (non-hydrogen) atoms. The Morgan fingerprint density at radius 3 is 1.95 bits per heavy atom. The second kappa shape index (κ2) is 9.31. The quantitative estimate of drug-likeness (QED) is 0.197. The molecule has 9 aromatic rings. The van der Waals surface area contributed by atoms with E-state index in [-0.39, 0.29) is 0 Å². The summed E-state index contributed by atoms with van der Waals surface area (Å²) in [6.45, 7) is 0. The third kappa shape index (κ3) is 3.69. The second-order valence-electron chi connectivity index (χ2n) is 10.6. The van der Waals surface area contributed by atoms with Gasteiger partial charge in [0.2, 0.25) is 0 Å². The van der Waals surface area contributed by atoms with Crippen LogP contribution in [0.2, 0.25) is 0 Å². The Hall–Kier alpha value is -4.90. The van der Waals surface area contributed by atoms with Crippen molar-refractivity contribution in [2.75, 3.05) is 0 Å². The van der Waals surface area contributed by atoms with Crippen LogP contribution in [-0.2, 0) is 0 Å². The van der Waals surface area contributed by atoms with Crippen LogP contribution in [0.25, 0.3) is 85.0 Å². The van der Waals surface area contributed by atoms with Gasteiger partial charge in [0, 0.05) is 47.5 Å². The maximum atomic E-state index is 5.24. The molecule has 0 saturated carbocycles. The summed E-state index contributed by atoms with van der Waals surface area (Å²) in [6.07, 6.45) is 0. The van der Waals surface area contributed by atoms with Crippen LogP contribution < -0.4 is 0 Å². The normalized spacial score (nSPS) is 11.8. The highest BCUT2D eigenvalue weighted by Crippen LogP contribution is 2.43. The van der Waals surface area contributed by atoms with Crippen molar-refractivity contribution < 1.29 is 0 Å². The van der Waals surface area contributed by atoms with Crippen LogP contribution in [0.4, 0.5) is 0 Å². The molecule has 0 fully saturated rings. The highest BCUT2D eigenvalue weighted by atomic mass is 32.1. The fourth-order valence-corrected chi connectivity index (χ4v) is 8.32. The van der Waals surface area contributed by atoms with Gasteiger partial charge in [-0.15, -0.1) is 22.7 Å². The average Bonchev–Trinajstić information content (AvgIpc) is 3.66. The number of pyridine rings is 1. The number of rotatable bonds is 3. The molecular weight excluding hydrogens is 549 g/mol. The number of thiophene rings is 1. The lowest BCUT2D eigenvalue weighted by atomic mass is 9.96. The molecule has 0 atom stereocenters. The summed E-state index contributed by atoms with van der Waals surface area (Å²) >= 11 is 3.62. The molecule has 0 unspecified atom stereocenters. The third-order valence-electron chi connectivity index (χ3n) is 8.10. The van der Waals surface area contributed by atoms with Crippen LogP contribution in [0.15, 0.2) is 133 Å². The Bertz CT molecular complexity index is 2430. The first-order chi connectivity index (χ1) is 20.8. The highest BCUT2D eigenvalue weighted by molar-refractivity contribution is 7.26. The monoisotopic (exact) mass is 570 g/mol. The van der Waals surface area contributed by atoms with E-state index in [9.17, 15) is 0 Å². The van der Waals surface area contributed by atoms with Crippen LogP contribution in [0.5, 0.6) is 0 Å². The van der Waals surface area contributed by atoms with Gasteiger partial charge in [-0.1, -0.05) is 103 Å². The van der Waals surface area contributed by atoms with Gasteiger partial charge >= 0.3 is 0 Å². The zero-order valence-electron chi connectivity index (χ0n) is 22.4. The van der Waals surface area contributed by atoms with E-state index in [1.54, 1.807) is 11.3 Å². The molecule has 3 aromatic heterocycles. The molecule has 2 nitrogen and oxygen atoms in total. The molecular formula is C38H22N2S2. The lowest BCUT2D eigenvalue weighted by molar-refractivity contribution is 1.43. The zero-order chi connectivity index (χ0) is 27.6. The predicted octanol–water partition coefficient (Wildman–Crippen LogP) is 11.4. The molecule has 0 aliphatic rings. The molecule has 6 aromatic carbocycles. The lowest BCUT2D eigenvalue weighted by Gasteiger charge is -2.12. The van der Waals surface area contributed by atoms with Gasteiger partial charge in [0.25, 0.3) is 0 Å². The van der Waals surface area contributed by atoms with Gasteiger partial charge in [-0.05, 0) is 41.5 Å². The molecule has 0 spiro atoms. The van der Waals surface area contributed by atoms with E-state index >= 15 is 0 Å². The minimum Gasteiger partial charge on any atom is -0.247 e. The number of fused-ring (bicyclic) bond motifs is 8. The number of para-hydroxylation sites is 2. The predicted molar refractivity (Wildman–Crippen MR) is 182 cm³/mol. The Balaban J connectivity index is 1.19. The van der Waals surface area contributed by atoms with E-state index in [2.05, 4.69) is 127 Å². The van der Waals surface area contributed by atoms with Crippen molar-refractivity contribution in [3.8, 4) is 33.0 Å². The summed E-state index contributed by atoms with van der Waals surface area (Å²) in [6, 6.07) is 47.7. The first-order valence-electron chi connectivity index (χ1n) is 14.0. The van der Waals surface area contributed by atoms with Crippen molar-refractivity contribution >= 4 is 74.7 Å². The second-order valence-corrected chi connectivity index (χ2v) is 12.7. The Morgan fingerprint density at radius 1 is 0.405 bits per heavy atom. The number of hydrogen-bond acceptors (Lipinski definition) is 4. The van der Waals surface area contributed by atoms with Crippen LogP contribution >= 0.6 is 22.7 Å². The number of nitrogens with zero attached hydrogens (tertiary/aromatic N) is 2. The summed E-state index contributed by atoms with van der Waals surface area (Å²) in [5.41, 5.74) is 7.72. The number of thiazole rings is 1. The van der Waals surface area contributed by atoms with Crippen LogP contribution in [0, 0.1) is 0 Å². The van der Waals surface area contributed by atoms with Crippen molar-refractivity contribution in [3.63, 3.8) is 0 Å². The van der Waals surface area contributed by atoms with Gasteiger partial charge < -0.3 is 0 Å². The molecule has 0 bridgehead atoms. The molecule has 3 heterocycles. The maximum absolute atomic E-state index is 5.24. The largest absolute Gasteiger partial charge is 0.247 e. The van der Waals surface area contributed by atoms with Crippen molar-refractivity contribution in [2.24, 2.45) is 0 Å². The summed E-state index contributed by atoms with van der Waals surface area (Å²) in [5.74, 6) is 0. The number of aromatic nitrogens is 2. The minimum absolute atomic E-state index is 1.02. The topological polar surface area (TPSA) is 25.8 Å². The minimum atomic E-state index is 1.02. The molecule has 0 amide bonds. The van der Waals surface area contributed by atoms with Crippen molar-refractivity contribution in [1.82, 2.24) is 9.97 Å². The summed E-state index contributed by atoms with van der Waals surface area (Å²) in [5, 5.41) is 7.37. The molecule has 0 saturated heterocycles. The Morgan fingerprint density at radius 2 is 1.10 bits per heavy atom. The molecule has 0 aliphatic carbocycles. The number of hydrogen-bond donors (Lipinski definition) is 0. The van der Waals surface area contributed by atoms with Crippen LogP contribution in [-0.4, -0.2) is 9.97 Å². The van der Waals surface area contributed by atoms with Crippen molar-refractivity contribution in [2.45, 2.75) is 0 Å². The van der Waals surface area contributed by atoms with Crippen LogP contribution in [0.3, 0.4) is 0 Å². The van der Waals surface area contributed by atoms with E-state index in [1.165, 1.54) is 52.2 Å². The van der Waals surface area contributed by atoms with Gasteiger partial charge in [0.1, 0.15) is 5.01 Å². The SMILES string of the molecule is c1cc(-c2ccc(-c3nc4ccccc4s3)cc2)cc(-c2nc3ccccc3c3c2ccc2c4ccccc4sc23)c1. The van der Waals surface area contributed by atoms with E-state index in [0.29, 0.717) is 0 Å². The Labute approximate surface area is 250 Å². The van der Waals surface area contributed by atoms with Crippen LogP contribution in [0.1, 0.15) is 0 Å². The highest BCUT2D eigenvalue weighted by Gasteiger charge is 2.16. The van der Waals surface area contributed by atoms with Gasteiger partial charge in [0.15, 0.2) is 0 Å². The number of benzene rings is 6. The van der Waals surface area contributed by atoms with E-state index < -0.39 is 0 Å². The smallest absolute Gasteiger partial charge is 0.124 e. The van der Waals surface area contributed by atoms with Crippen molar-refractivity contribution in [1.29, 1.82) is 0 Å². The van der Waals surface area contributed by atoms with E-state index in [0.717, 1.165) is 32.9 Å². The first kappa shape index (κ1) is 23.8. The van der Waals surface area contributed by atoms with Gasteiger partial charge in [-0.3, -0.25) is 0 Å². The average molecular weight is 571 g/mol. The maximum Gasteiger partial charge on any atom is 0.124 e. The summed E-state index contributed by atoms with van der Waals surface area (Å²) < 4.78 is 3.86. The first-order valence-corrected chi connectivity index (χ1v) is 15.6. The fraction of sp³-hybridized carbons (Fsp3) is 0. The summed E-state index contributed by atoms with van der Waals surface area (Å²) in [4.78, 5) is 10.1. The molecule has 0 radical (unpaired) electrons. The molecule has 0 N–H and O–H groups in total. The molecule has 196 valence electrons. The van der Waals surface area contributed by atoms with Gasteiger partial charge in [-0.2, -0.15) is 0 Å². The fourth-order valence-electron chi connectivity index (χ4n) is 6.08.